The zero-order valence-corrected chi connectivity index (χ0v) is 45.2. The summed E-state index contributed by atoms with van der Waals surface area (Å²) < 4.78 is 5.23. The third kappa shape index (κ3) is 7.29. The minimum Gasteiger partial charge on any atom is -0.294 e. The predicted molar refractivity (Wildman–Crippen MR) is 308 cm³/mol. The number of aromatic nitrogens is 2. The first-order valence-corrected chi connectivity index (χ1v) is 27.0. The normalized spacial score (nSPS) is 15.8. The summed E-state index contributed by atoms with van der Waals surface area (Å²) in [5.74, 6) is 2.45. The maximum absolute atomic E-state index is 6.00. The summed E-state index contributed by atoms with van der Waals surface area (Å²) in [4.78, 5) is 19.3. The fraction of sp³-hybridized carbons (Fsp3) is 0.302. The van der Waals surface area contributed by atoms with Crippen LogP contribution in [-0.2, 0) is 27.1 Å². The summed E-state index contributed by atoms with van der Waals surface area (Å²) in [6.07, 6.45) is 1.09. The Bertz CT molecular complexity index is 3550. The van der Waals surface area contributed by atoms with Crippen LogP contribution >= 0.6 is 22.7 Å². The van der Waals surface area contributed by atoms with Crippen LogP contribution in [0, 0.1) is 0 Å². The van der Waals surface area contributed by atoms with Crippen molar-refractivity contribution < 1.29 is 0 Å². The quantitative estimate of drug-likeness (QED) is 0.161. The predicted octanol–water partition coefficient (Wildman–Crippen LogP) is 16.3. The lowest BCUT2D eigenvalue weighted by atomic mass is 9.40. The van der Waals surface area contributed by atoms with Crippen molar-refractivity contribution in [3.63, 3.8) is 0 Å². The molecule has 356 valence electrons. The number of fused-ring (bicyclic) bond motifs is 9. The molecule has 0 amide bonds. The molecule has 71 heavy (non-hydrogen) atoms. The molecule has 6 aromatic carbocycles. The smallest absolute Gasteiger partial charge is 0.281 e. The number of rotatable bonds is 5. The molecule has 9 aromatic rings. The van der Waals surface area contributed by atoms with E-state index in [4.69, 9.17) is 9.97 Å². The first kappa shape index (κ1) is 45.9. The average molecular weight is 966 g/mol. The number of para-hydroxylation sites is 2. The van der Waals surface area contributed by atoms with Crippen LogP contribution in [0.4, 0.5) is 51.7 Å². The fourth-order valence-corrected chi connectivity index (χ4v) is 14.6. The highest BCUT2D eigenvalue weighted by Gasteiger charge is 2.50. The molecule has 0 spiro atoms. The van der Waals surface area contributed by atoms with Gasteiger partial charge in [-0.3, -0.25) is 14.7 Å². The zero-order chi connectivity index (χ0) is 49.7. The van der Waals surface area contributed by atoms with Gasteiger partial charge in [-0.05, 0) is 134 Å². The van der Waals surface area contributed by atoms with E-state index < -0.39 is 0 Å². The van der Waals surface area contributed by atoms with Crippen LogP contribution in [0.5, 0.6) is 0 Å². The van der Waals surface area contributed by atoms with Crippen molar-refractivity contribution in [2.75, 3.05) is 14.7 Å². The molecule has 0 N–H and O–H groups in total. The van der Waals surface area contributed by atoms with Gasteiger partial charge in [0.1, 0.15) is 11.6 Å². The molecule has 3 aromatic heterocycles. The van der Waals surface area contributed by atoms with Gasteiger partial charge < -0.3 is 0 Å². The highest BCUT2D eigenvalue weighted by atomic mass is 32.1. The van der Waals surface area contributed by atoms with E-state index in [1.165, 1.54) is 68.9 Å². The van der Waals surface area contributed by atoms with Gasteiger partial charge in [-0.15, -0.1) is 22.7 Å². The van der Waals surface area contributed by atoms with Crippen molar-refractivity contribution in [2.45, 2.75) is 124 Å². The Morgan fingerprint density at radius 2 is 0.930 bits per heavy atom. The van der Waals surface area contributed by atoms with Crippen LogP contribution in [-0.4, -0.2) is 16.7 Å². The molecule has 0 saturated heterocycles. The maximum Gasteiger partial charge on any atom is 0.281 e. The van der Waals surface area contributed by atoms with Crippen LogP contribution in [0.2, 0.25) is 0 Å². The number of hydrogen-bond acceptors (Lipinski definition) is 7. The Balaban J connectivity index is 1.25. The van der Waals surface area contributed by atoms with Gasteiger partial charge in [-0.25, -0.2) is 0 Å². The third-order valence-corrected chi connectivity index (χ3v) is 18.0. The van der Waals surface area contributed by atoms with Crippen molar-refractivity contribution in [2.24, 2.45) is 0 Å². The summed E-state index contributed by atoms with van der Waals surface area (Å²) in [5.41, 5.74) is 14.5. The molecule has 0 unspecified atom stereocenters. The summed E-state index contributed by atoms with van der Waals surface area (Å²) in [6.45, 7) is 30.4. The van der Waals surface area contributed by atoms with Crippen LogP contribution in [0.15, 0.2) is 140 Å². The van der Waals surface area contributed by atoms with Crippen molar-refractivity contribution >= 4 is 116 Å². The largest absolute Gasteiger partial charge is 0.294 e. The number of nitrogens with zero attached hydrogens (tertiary/aromatic N) is 5. The second-order valence-electron chi connectivity index (χ2n) is 24.7. The molecule has 8 heteroatoms. The van der Waals surface area contributed by atoms with Crippen LogP contribution in [0.3, 0.4) is 0 Å². The molecule has 0 fully saturated rings. The van der Waals surface area contributed by atoms with Gasteiger partial charge in [0.25, 0.3) is 6.71 Å². The summed E-state index contributed by atoms with van der Waals surface area (Å²) in [6, 6.07) is 52.3. The van der Waals surface area contributed by atoms with Gasteiger partial charge in [0.15, 0.2) is 0 Å². The van der Waals surface area contributed by atoms with E-state index in [9.17, 15) is 0 Å². The van der Waals surface area contributed by atoms with Crippen LogP contribution < -0.4 is 29.7 Å². The van der Waals surface area contributed by atoms with Crippen molar-refractivity contribution in [3.05, 3.63) is 167 Å². The van der Waals surface area contributed by atoms with Gasteiger partial charge >= 0.3 is 0 Å². The molecule has 5 nitrogen and oxygen atoms in total. The van der Waals surface area contributed by atoms with E-state index in [0.29, 0.717) is 5.95 Å². The first-order valence-electron chi connectivity index (χ1n) is 25.4. The number of hydrogen-bond donors (Lipinski definition) is 0. The molecular formula is C63H64BN5S2. The molecule has 3 aliphatic rings. The van der Waals surface area contributed by atoms with Gasteiger partial charge in [0.05, 0.1) is 11.4 Å². The Morgan fingerprint density at radius 1 is 0.493 bits per heavy atom. The first-order chi connectivity index (χ1) is 33.6. The van der Waals surface area contributed by atoms with E-state index in [-0.39, 0.29) is 33.8 Å². The lowest BCUT2D eigenvalue weighted by molar-refractivity contribution is 0.403. The molecule has 1 aliphatic carbocycles. The van der Waals surface area contributed by atoms with Crippen LogP contribution in [0.25, 0.3) is 20.2 Å². The third-order valence-electron chi connectivity index (χ3n) is 15.5. The number of anilines is 9. The SMILES string of the molecule is CC(C)(C)c1ccc(N2c3nc(N(c4ccccc4)c4ccccc4)nc4c3B(c3sc5ccc(C(C)(C)C)cc5c32)c2sc3ccc(C(C)(C)C)cc3c2N4c2ccc3c(c2)C(C)(C)CC3(C)C)cc1. The van der Waals surface area contributed by atoms with Gasteiger partial charge in [-0.1, -0.05) is 157 Å². The van der Waals surface area contributed by atoms with E-state index in [1.54, 1.807) is 0 Å². The van der Waals surface area contributed by atoms with E-state index >= 15 is 0 Å². The molecular weight excluding hydrogens is 902 g/mol. The second kappa shape index (κ2) is 15.6. The summed E-state index contributed by atoms with van der Waals surface area (Å²) >= 11 is 3.89. The lowest BCUT2D eigenvalue weighted by Gasteiger charge is -2.41. The summed E-state index contributed by atoms with van der Waals surface area (Å²) in [7, 11) is 0. The molecule has 0 atom stereocenters. The topological polar surface area (TPSA) is 35.5 Å². The Hall–Kier alpha value is -6.22. The minimum absolute atomic E-state index is 0.00626. The van der Waals surface area contributed by atoms with E-state index in [1.807, 2.05) is 22.7 Å². The average Bonchev–Trinajstić information content (AvgIpc) is 3.95. The maximum atomic E-state index is 6.00. The van der Waals surface area contributed by atoms with Gasteiger partial charge in [0, 0.05) is 57.9 Å². The van der Waals surface area contributed by atoms with Crippen molar-refractivity contribution in [3.8, 4) is 0 Å². The van der Waals surface area contributed by atoms with Crippen molar-refractivity contribution in [1.29, 1.82) is 0 Å². The molecule has 5 heterocycles. The monoisotopic (exact) mass is 965 g/mol. The highest BCUT2D eigenvalue weighted by molar-refractivity contribution is 7.40. The Morgan fingerprint density at radius 3 is 1.41 bits per heavy atom. The molecule has 0 radical (unpaired) electrons. The zero-order valence-electron chi connectivity index (χ0n) is 43.6. The lowest BCUT2D eigenvalue weighted by Crippen LogP contribution is -2.60. The molecule has 0 saturated carbocycles. The minimum atomic E-state index is -0.113. The van der Waals surface area contributed by atoms with Gasteiger partial charge in [-0.2, -0.15) is 9.97 Å². The van der Waals surface area contributed by atoms with Gasteiger partial charge in [0.2, 0.25) is 5.95 Å². The fourth-order valence-electron chi connectivity index (χ4n) is 12.0. The Labute approximate surface area is 429 Å². The van der Waals surface area contributed by atoms with E-state index in [2.05, 4.69) is 244 Å². The standard InChI is InChI=1S/C63H64BN5S2/c1-59(2,3)38-24-28-43(29-25-38)68-52-45-34-39(60(4,5)6)26-32-49(45)70-54(52)64-51-56(68)65-58(67(41-20-16-14-17-21-41)42-22-18-15-19-23-42)66-57(51)69(44-30-31-47-48(36-44)63(12,13)37-62(47,10)11)53-46-35-40(61(7,8)9)27-33-50(46)71-55(53)64/h14-36H,37H2,1-13H3. The van der Waals surface area contributed by atoms with Crippen LogP contribution in [0.1, 0.15) is 124 Å². The number of benzene rings is 6. The van der Waals surface area contributed by atoms with E-state index in [0.717, 1.165) is 46.3 Å². The molecule has 2 aliphatic heterocycles. The molecule has 0 bridgehead atoms. The highest BCUT2D eigenvalue weighted by Crippen LogP contribution is 2.54. The second-order valence-corrected chi connectivity index (χ2v) is 26.9. The number of thiophene rings is 2. The summed E-state index contributed by atoms with van der Waals surface area (Å²) in [5, 5.41) is 2.53. The van der Waals surface area contributed by atoms with Crippen molar-refractivity contribution in [1.82, 2.24) is 9.97 Å². The Kier molecular flexibility index (Phi) is 10.1. The molecule has 12 rings (SSSR count).